The molecule has 2 N–H and O–H groups in total. The molecule has 1 rings (SSSR count). The highest BCUT2D eigenvalue weighted by atomic mass is 19.1. The molecule has 0 heterocycles. The van der Waals surface area contributed by atoms with E-state index in [1.807, 2.05) is 0 Å². The summed E-state index contributed by atoms with van der Waals surface area (Å²) in [7, 11) is 0. The van der Waals surface area contributed by atoms with Crippen LogP contribution in [-0.4, -0.2) is 18.3 Å². The normalized spacial score (nSPS) is 9.88. The molecular formula is C11H12FNO3. The molecule has 0 radical (unpaired) electrons. The van der Waals surface area contributed by atoms with Crippen LogP contribution in [0.4, 0.5) is 4.39 Å². The first-order chi connectivity index (χ1) is 7.52. The number of carbonyl (C=O) groups excluding carboxylic acids is 2. The molecule has 0 aliphatic rings. The molecule has 86 valence electrons. The molecule has 0 atom stereocenters. The predicted octanol–water partition coefficient (Wildman–Crippen LogP) is 1.28. The lowest BCUT2D eigenvalue weighted by atomic mass is 10.2. The molecule has 0 bridgehead atoms. The van der Waals surface area contributed by atoms with Gasteiger partial charge in [-0.1, -0.05) is 6.07 Å². The van der Waals surface area contributed by atoms with Gasteiger partial charge in [0.25, 0.3) is 5.91 Å². The molecule has 0 aliphatic heterocycles. The van der Waals surface area contributed by atoms with Gasteiger partial charge in [-0.3, -0.25) is 9.59 Å². The predicted molar refractivity (Wildman–Crippen MR) is 55.7 cm³/mol. The van der Waals surface area contributed by atoms with Gasteiger partial charge in [-0.2, -0.15) is 0 Å². The lowest BCUT2D eigenvalue weighted by Gasteiger charge is -2.09. The fourth-order valence-electron chi connectivity index (χ4n) is 1.17. The van der Waals surface area contributed by atoms with E-state index in [4.69, 9.17) is 10.5 Å². The average Bonchev–Trinajstić information content (AvgIpc) is 2.16. The third-order valence-corrected chi connectivity index (χ3v) is 1.93. The fraction of sp³-hybridized carbons (Fsp3) is 0.273. The van der Waals surface area contributed by atoms with Crippen molar-refractivity contribution in [2.24, 2.45) is 5.73 Å². The molecule has 1 aromatic rings. The van der Waals surface area contributed by atoms with Gasteiger partial charge < -0.3 is 10.5 Å². The average molecular weight is 225 g/mol. The summed E-state index contributed by atoms with van der Waals surface area (Å²) < 4.78 is 18.4. The van der Waals surface area contributed by atoms with Gasteiger partial charge in [0.15, 0.2) is 0 Å². The molecule has 1 amide bonds. The highest BCUT2D eigenvalue weighted by molar-refractivity contribution is 5.95. The van der Waals surface area contributed by atoms with E-state index in [-0.39, 0.29) is 30.1 Å². The standard InChI is InChI=1S/C11H12FNO3/c1-7(14)5-6-16-9-4-2-3-8(12)10(9)11(13)15/h2-4H,5-6H2,1H3,(H2,13,15). The van der Waals surface area contributed by atoms with Crippen LogP contribution in [0.2, 0.25) is 0 Å². The molecule has 16 heavy (non-hydrogen) atoms. The molecule has 0 saturated carbocycles. The van der Waals surface area contributed by atoms with Crippen LogP contribution >= 0.6 is 0 Å². The number of ketones is 1. The van der Waals surface area contributed by atoms with E-state index < -0.39 is 11.7 Å². The first kappa shape index (κ1) is 12.2. The van der Waals surface area contributed by atoms with E-state index in [2.05, 4.69) is 0 Å². The van der Waals surface area contributed by atoms with Crippen molar-refractivity contribution >= 4 is 11.7 Å². The van der Waals surface area contributed by atoms with Gasteiger partial charge in [0.2, 0.25) is 0 Å². The van der Waals surface area contributed by atoms with E-state index in [9.17, 15) is 14.0 Å². The van der Waals surface area contributed by atoms with Crippen molar-refractivity contribution in [1.29, 1.82) is 0 Å². The van der Waals surface area contributed by atoms with Crippen LogP contribution in [-0.2, 0) is 4.79 Å². The minimum Gasteiger partial charge on any atom is -0.492 e. The molecule has 5 heteroatoms. The van der Waals surface area contributed by atoms with Gasteiger partial charge in [-0.05, 0) is 19.1 Å². The number of carbonyl (C=O) groups is 2. The number of nitrogens with two attached hydrogens (primary N) is 1. The Morgan fingerprint density at radius 1 is 1.44 bits per heavy atom. The zero-order valence-electron chi connectivity index (χ0n) is 8.83. The summed E-state index contributed by atoms with van der Waals surface area (Å²) in [4.78, 5) is 21.6. The smallest absolute Gasteiger partial charge is 0.255 e. The summed E-state index contributed by atoms with van der Waals surface area (Å²) in [6.45, 7) is 1.52. The molecular weight excluding hydrogens is 213 g/mol. The first-order valence-electron chi connectivity index (χ1n) is 4.73. The number of halogens is 1. The Morgan fingerprint density at radius 3 is 2.69 bits per heavy atom. The van der Waals surface area contributed by atoms with E-state index in [1.54, 1.807) is 0 Å². The van der Waals surface area contributed by atoms with Crippen molar-refractivity contribution in [2.45, 2.75) is 13.3 Å². The van der Waals surface area contributed by atoms with Crippen molar-refractivity contribution in [3.63, 3.8) is 0 Å². The molecule has 0 saturated heterocycles. The second-order valence-electron chi connectivity index (χ2n) is 3.28. The first-order valence-corrected chi connectivity index (χ1v) is 4.73. The number of primary amides is 1. The van der Waals surface area contributed by atoms with E-state index in [0.717, 1.165) is 6.07 Å². The van der Waals surface area contributed by atoms with Crippen LogP contribution in [0.5, 0.6) is 5.75 Å². The van der Waals surface area contributed by atoms with Crippen LogP contribution in [0.3, 0.4) is 0 Å². The van der Waals surface area contributed by atoms with Gasteiger partial charge in [-0.15, -0.1) is 0 Å². The number of hydrogen-bond acceptors (Lipinski definition) is 3. The van der Waals surface area contributed by atoms with E-state index in [0.29, 0.717) is 0 Å². The van der Waals surface area contributed by atoms with Crippen molar-refractivity contribution in [3.8, 4) is 5.75 Å². The van der Waals surface area contributed by atoms with Crippen LogP contribution in [0, 0.1) is 5.82 Å². The molecule has 1 aromatic carbocycles. The molecule has 0 spiro atoms. The number of hydrogen-bond donors (Lipinski definition) is 1. The van der Waals surface area contributed by atoms with Crippen LogP contribution in [0.15, 0.2) is 18.2 Å². The molecule has 4 nitrogen and oxygen atoms in total. The number of Topliss-reactive ketones (excluding diaryl/α,β-unsaturated/α-hetero) is 1. The third kappa shape index (κ3) is 3.05. The number of benzene rings is 1. The van der Waals surface area contributed by atoms with Crippen molar-refractivity contribution in [1.82, 2.24) is 0 Å². The summed E-state index contributed by atoms with van der Waals surface area (Å²) in [5.41, 5.74) is 4.73. The quantitative estimate of drug-likeness (QED) is 0.820. The Balaban J connectivity index is 2.83. The Kier molecular flexibility index (Phi) is 3.99. The molecule has 0 aromatic heterocycles. The number of rotatable bonds is 5. The van der Waals surface area contributed by atoms with Crippen molar-refractivity contribution in [2.75, 3.05) is 6.61 Å². The highest BCUT2D eigenvalue weighted by Crippen LogP contribution is 2.20. The Hall–Kier alpha value is -1.91. The summed E-state index contributed by atoms with van der Waals surface area (Å²) in [6.07, 6.45) is 0.203. The van der Waals surface area contributed by atoms with Gasteiger partial charge in [0.1, 0.15) is 22.9 Å². The topological polar surface area (TPSA) is 69.4 Å². The zero-order valence-corrected chi connectivity index (χ0v) is 8.83. The van der Waals surface area contributed by atoms with Gasteiger partial charge >= 0.3 is 0 Å². The maximum atomic E-state index is 13.2. The lowest BCUT2D eigenvalue weighted by Crippen LogP contribution is -2.16. The van der Waals surface area contributed by atoms with Crippen LogP contribution in [0.1, 0.15) is 23.7 Å². The fourth-order valence-corrected chi connectivity index (χ4v) is 1.17. The minimum atomic E-state index is -0.893. The maximum absolute atomic E-state index is 13.2. The largest absolute Gasteiger partial charge is 0.492 e. The SMILES string of the molecule is CC(=O)CCOc1cccc(F)c1C(N)=O. The zero-order chi connectivity index (χ0) is 12.1. The molecule has 0 aliphatic carbocycles. The summed E-state index contributed by atoms with van der Waals surface area (Å²) in [6, 6.07) is 3.96. The second kappa shape index (κ2) is 5.25. The Bertz CT molecular complexity index is 418. The summed E-state index contributed by atoms with van der Waals surface area (Å²) >= 11 is 0. The third-order valence-electron chi connectivity index (χ3n) is 1.93. The maximum Gasteiger partial charge on any atom is 0.255 e. The van der Waals surface area contributed by atoms with Gasteiger partial charge in [-0.25, -0.2) is 4.39 Å². The number of ether oxygens (including phenoxy) is 1. The Labute approximate surface area is 92.2 Å². The van der Waals surface area contributed by atoms with Crippen LogP contribution < -0.4 is 10.5 Å². The van der Waals surface area contributed by atoms with Crippen LogP contribution in [0.25, 0.3) is 0 Å². The van der Waals surface area contributed by atoms with E-state index in [1.165, 1.54) is 19.1 Å². The van der Waals surface area contributed by atoms with Crippen molar-refractivity contribution in [3.05, 3.63) is 29.6 Å². The van der Waals surface area contributed by atoms with Gasteiger partial charge in [0, 0.05) is 6.42 Å². The highest BCUT2D eigenvalue weighted by Gasteiger charge is 2.14. The monoisotopic (exact) mass is 225 g/mol. The lowest BCUT2D eigenvalue weighted by molar-refractivity contribution is -0.117. The molecule has 0 fully saturated rings. The van der Waals surface area contributed by atoms with E-state index >= 15 is 0 Å². The minimum absolute atomic E-state index is 0.0444. The number of amides is 1. The molecule has 0 unspecified atom stereocenters. The second-order valence-corrected chi connectivity index (χ2v) is 3.28. The summed E-state index contributed by atoms with van der Waals surface area (Å²) in [5.74, 6) is -1.60. The summed E-state index contributed by atoms with van der Waals surface area (Å²) in [5, 5.41) is 0. The van der Waals surface area contributed by atoms with Crippen molar-refractivity contribution < 1.29 is 18.7 Å². The van der Waals surface area contributed by atoms with Gasteiger partial charge in [0.05, 0.1) is 6.61 Å². The Morgan fingerprint density at radius 2 is 2.12 bits per heavy atom.